The van der Waals surface area contributed by atoms with Gasteiger partial charge in [0.15, 0.2) is 0 Å². The third-order valence-electron chi connectivity index (χ3n) is 3.75. The van der Waals surface area contributed by atoms with Crippen molar-refractivity contribution in [2.24, 2.45) is 13.0 Å². The summed E-state index contributed by atoms with van der Waals surface area (Å²) in [6.07, 6.45) is 3.38. The summed E-state index contributed by atoms with van der Waals surface area (Å²) in [7, 11) is 4.05. The maximum absolute atomic E-state index is 5.45. The predicted octanol–water partition coefficient (Wildman–Crippen LogP) is 2.05. The van der Waals surface area contributed by atoms with Crippen LogP contribution in [0.2, 0.25) is 0 Å². The Labute approximate surface area is 117 Å². The van der Waals surface area contributed by atoms with Gasteiger partial charge in [-0.05, 0) is 48.7 Å². The number of ether oxygens (including phenoxy) is 1. The van der Waals surface area contributed by atoms with Gasteiger partial charge in [0.25, 0.3) is 0 Å². The van der Waals surface area contributed by atoms with E-state index in [1.165, 1.54) is 18.5 Å². The second-order valence-electron chi connectivity index (χ2n) is 5.12. The minimum Gasteiger partial charge on any atom is -0.381 e. The van der Waals surface area contributed by atoms with E-state index in [0.717, 1.165) is 29.8 Å². The van der Waals surface area contributed by atoms with Crippen LogP contribution in [0.3, 0.4) is 0 Å². The second kappa shape index (κ2) is 6.17. The molecule has 0 bridgehead atoms. The molecule has 0 saturated carbocycles. The molecule has 1 aliphatic heterocycles. The van der Waals surface area contributed by atoms with Crippen molar-refractivity contribution >= 4 is 15.9 Å². The quantitative estimate of drug-likeness (QED) is 0.904. The highest BCUT2D eigenvalue weighted by atomic mass is 79.9. The average molecular weight is 316 g/mol. The van der Waals surface area contributed by atoms with E-state index in [1.54, 1.807) is 0 Å². The highest BCUT2D eigenvalue weighted by molar-refractivity contribution is 9.10. The van der Waals surface area contributed by atoms with Gasteiger partial charge < -0.3 is 10.1 Å². The summed E-state index contributed by atoms with van der Waals surface area (Å²) in [6, 6.07) is 0.489. The van der Waals surface area contributed by atoms with Crippen LogP contribution in [0.1, 0.15) is 24.2 Å². The van der Waals surface area contributed by atoms with Gasteiger partial charge in [-0.1, -0.05) is 0 Å². The van der Waals surface area contributed by atoms with Crippen LogP contribution in [0.4, 0.5) is 0 Å². The largest absolute Gasteiger partial charge is 0.381 e. The topological polar surface area (TPSA) is 39.1 Å². The van der Waals surface area contributed by atoms with Gasteiger partial charge in [-0.15, -0.1) is 0 Å². The minimum atomic E-state index is 0.489. The van der Waals surface area contributed by atoms with E-state index in [4.69, 9.17) is 4.74 Å². The van der Waals surface area contributed by atoms with E-state index in [0.29, 0.717) is 12.0 Å². The number of hydrogen-bond acceptors (Lipinski definition) is 3. The van der Waals surface area contributed by atoms with Crippen LogP contribution in [0.25, 0.3) is 0 Å². The summed E-state index contributed by atoms with van der Waals surface area (Å²) in [4.78, 5) is 0. The molecule has 2 atom stereocenters. The second-order valence-corrected chi connectivity index (χ2v) is 5.92. The molecule has 1 aliphatic rings. The number of aryl methyl sites for hydroxylation is 2. The van der Waals surface area contributed by atoms with Gasteiger partial charge in [-0.2, -0.15) is 5.10 Å². The van der Waals surface area contributed by atoms with E-state index in [-0.39, 0.29) is 0 Å². The molecule has 5 heteroatoms. The molecule has 18 heavy (non-hydrogen) atoms. The Hall–Kier alpha value is -0.390. The molecule has 0 aromatic carbocycles. The highest BCUT2D eigenvalue weighted by Crippen LogP contribution is 2.24. The Balaban J connectivity index is 2.00. The van der Waals surface area contributed by atoms with Crippen molar-refractivity contribution in [3.8, 4) is 0 Å². The monoisotopic (exact) mass is 315 g/mol. The Bertz CT molecular complexity index is 399. The molecule has 0 aliphatic carbocycles. The molecular weight excluding hydrogens is 294 g/mol. The van der Waals surface area contributed by atoms with Crippen LogP contribution in [-0.4, -0.2) is 36.1 Å². The first kappa shape index (κ1) is 14.0. The maximum atomic E-state index is 5.45. The molecule has 2 heterocycles. The van der Waals surface area contributed by atoms with Crippen LogP contribution in [0.5, 0.6) is 0 Å². The van der Waals surface area contributed by atoms with Gasteiger partial charge in [-0.25, -0.2) is 0 Å². The molecule has 1 N–H and O–H groups in total. The lowest BCUT2D eigenvalue weighted by Gasteiger charge is -2.19. The van der Waals surface area contributed by atoms with Crippen molar-refractivity contribution in [3.05, 3.63) is 15.9 Å². The summed E-state index contributed by atoms with van der Waals surface area (Å²) < 4.78 is 8.58. The van der Waals surface area contributed by atoms with E-state index in [9.17, 15) is 0 Å². The number of halogens is 1. The van der Waals surface area contributed by atoms with E-state index in [1.807, 2.05) is 25.7 Å². The Morgan fingerprint density at radius 2 is 2.39 bits per heavy atom. The maximum Gasteiger partial charge on any atom is 0.0738 e. The van der Waals surface area contributed by atoms with Gasteiger partial charge in [0.1, 0.15) is 0 Å². The molecule has 2 rings (SSSR count). The average Bonchev–Trinajstić information content (AvgIpc) is 2.92. The van der Waals surface area contributed by atoms with E-state index < -0.39 is 0 Å². The van der Waals surface area contributed by atoms with Crippen LogP contribution in [0.15, 0.2) is 4.47 Å². The molecule has 2 unspecified atom stereocenters. The number of likely N-dealkylation sites (N-methyl/N-ethyl adjacent to an activating group) is 1. The van der Waals surface area contributed by atoms with Gasteiger partial charge in [0.2, 0.25) is 0 Å². The van der Waals surface area contributed by atoms with Crippen LogP contribution < -0.4 is 5.32 Å². The number of rotatable bonds is 5. The third-order valence-corrected chi connectivity index (χ3v) is 4.78. The van der Waals surface area contributed by atoms with Crippen molar-refractivity contribution in [2.45, 2.75) is 32.2 Å². The Morgan fingerprint density at radius 1 is 1.61 bits per heavy atom. The predicted molar refractivity (Wildman–Crippen MR) is 75.7 cm³/mol. The zero-order valence-corrected chi connectivity index (χ0v) is 13.0. The first-order valence-corrected chi connectivity index (χ1v) is 7.34. The third kappa shape index (κ3) is 3.13. The van der Waals surface area contributed by atoms with Crippen LogP contribution in [-0.2, 0) is 18.2 Å². The van der Waals surface area contributed by atoms with Crippen molar-refractivity contribution in [2.75, 3.05) is 20.3 Å². The lowest BCUT2D eigenvalue weighted by Crippen LogP contribution is -2.31. The summed E-state index contributed by atoms with van der Waals surface area (Å²) in [5.41, 5.74) is 2.33. The normalized spacial score (nSPS) is 21.4. The Morgan fingerprint density at radius 3 is 2.89 bits per heavy atom. The lowest BCUT2D eigenvalue weighted by molar-refractivity contribution is 0.181. The van der Waals surface area contributed by atoms with Crippen molar-refractivity contribution in [1.29, 1.82) is 0 Å². The van der Waals surface area contributed by atoms with E-state index >= 15 is 0 Å². The molecule has 1 aromatic rings. The van der Waals surface area contributed by atoms with Crippen molar-refractivity contribution < 1.29 is 4.74 Å². The lowest BCUT2D eigenvalue weighted by atomic mass is 9.96. The number of hydrogen-bond donors (Lipinski definition) is 1. The molecule has 1 fully saturated rings. The van der Waals surface area contributed by atoms with Gasteiger partial charge in [-0.3, -0.25) is 4.68 Å². The number of nitrogens with zero attached hydrogens (tertiary/aromatic N) is 2. The summed E-state index contributed by atoms with van der Waals surface area (Å²) >= 11 is 3.64. The molecule has 102 valence electrons. The Kier molecular flexibility index (Phi) is 4.81. The number of nitrogens with one attached hydrogen (secondary N) is 1. The zero-order chi connectivity index (χ0) is 13.1. The standard InChI is InChI=1S/C13H22BrN3O/c1-9-13(14)12(17(3)16-9)7-11(15-2)6-10-4-5-18-8-10/h10-11,15H,4-8H2,1-3H3. The zero-order valence-electron chi connectivity index (χ0n) is 11.4. The fraction of sp³-hybridized carbons (Fsp3) is 0.769. The smallest absolute Gasteiger partial charge is 0.0738 e. The SMILES string of the molecule is CNC(Cc1c(Br)c(C)nn1C)CC1CCOC1. The molecule has 0 radical (unpaired) electrons. The first-order valence-electron chi connectivity index (χ1n) is 6.54. The van der Waals surface area contributed by atoms with E-state index in [2.05, 4.69) is 26.3 Å². The molecule has 1 saturated heterocycles. The van der Waals surface area contributed by atoms with Gasteiger partial charge in [0.05, 0.1) is 15.9 Å². The molecule has 0 spiro atoms. The fourth-order valence-corrected chi connectivity index (χ4v) is 3.11. The van der Waals surface area contributed by atoms with Crippen LogP contribution in [0, 0.1) is 12.8 Å². The minimum absolute atomic E-state index is 0.489. The fourth-order valence-electron chi connectivity index (χ4n) is 2.61. The van der Waals surface area contributed by atoms with Crippen molar-refractivity contribution in [3.63, 3.8) is 0 Å². The summed E-state index contributed by atoms with van der Waals surface area (Å²) in [5.74, 6) is 0.704. The molecular formula is C13H22BrN3O. The molecule has 4 nitrogen and oxygen atoms in total. The highest BCUT2D eigenvalue weighted by Gasteiger charge is 2.22. The first-order chi connectivity index (χ1) is 8.61. The summed E-state index contributed by atoms with van der Waals surface area (Å²) in [5, 5.41) is 7.87. The molecule has 1 aromatic heterocycles. The molecule has 0 amide bonds. The summed E-state index contributed by atoms with van der Waals surface area (Å²) in [6.45, 7) is 3.88. The van der Waals surface area contributed by atoms with Crippen LogP contribution >= 0.6 is 15.9 Å². The van der Waals surface area contributed by atoms with Gasteiger partial charge in [0, 0.05) is 32.7 Å². The van der Waals surface area contributed by atoms with Crippen molar-refractivity contribution in [1.82, 2.24) is 15.1 Å². The van der Waals surface area contributed by atoms with Gasteiger partial charge >= 0.3 is 0 Å². The number of aromatic nitrogens is 2.